The summed E-state index contributed by atoms with van der Waals surface area (Å²) < 4.78 is 44.0. The highest BCUT2D eigenvalue weighted by atomic mass is 19.3. The smallest absolute Gasteiger partial charge is 0.262 e. The van der Waals surface area contributed by atoms with Crippen LogP contribution in [0.2, 0.25) is 0 Å². The molecular formula is C25H35F2N7O3. The van der Waals surface area contributed by atoms with Gasteiger partial charge in [0.05, 0.1) is 37.1 Å². The lowest BCUT2D eigenvalue weighted by atomic mass is 9.84. The molecule has 0 bridgehead atoms. The van der Waals surface area contributed by atoms with Crippen molar-refractivity contribution in [2.75, 3.05) is 38.5 Å². The van der Waals surface area contributed by atoms with Gasteiger partial charge in [0.2, 0.25) is 0 Å². The molecule has 10 nitrogen and oxygen atoms in total. The Hall–Kier alpha value is -2.43. The summed E-state index contributed by atoms with van der Waals surface area (Å²) in [4.78, 5) is 7.92. The number of piperidine rings is 1. The fraction of sp³-hybridized carbons (Fsp3) is 0.720. The molecule has 12 heteroatoms. The Balaban J connectivity index is 1.42. The number of fused-ring (bicyclic) bond motifs is 1. The SMILES string of the molecule is C[C@@H]1[C@H](OC(C)(C)O)[C@@H](CN2CC(F)(F)CC23CCN(CC#N)CC3)O[C@H]1c1ccc2c(N)ncnn12. The van der Waals surface area contributed by atoms with Crippen LogP contribution in [0.5, 0.6) is 0 Å². The lowest BCUT2D eigenvalue weighted by Crippen LogP contribution is -2.55. The Morgan fingerprint density at radius 2 is 2.05 bits per heavy atom. The van der Waals surface area contributed by atoms with E-state index in [-0.39, 0.29) is 25.4 Å². The third kappa shape index (κ3) is 5.03. The fourth-order valence-corrected chi connectivity index (χ4v) is 6.38. The van der Waals surface area contributed by atoms with Crippen molar-refractivity contribution in [1.82, 2.24) is 24.4 Å². The van der Waals surface area contributed by atoms with Crippen molar-refractivity contribution in [3.8, 4) is 6.07 Å². The van der Waals surface area contributed by atoms with Gasteiger partial charge in [-0.2, -0.15) is 10.4 Å². The largest absolute Gasteiger partial charge is 0.382 e. The Morgan fingerprint density at radius 1 is 1.32 bits per heavy atom. The third-order valence-electron chi connectivity index (χ3n) is 8.07. The number of hydrogen-bond acceptors (Lipinski definition) is 9. The number of likely N-dealkylation sites (tertiary alicyclic amines) is 2. The van der Waals surface area contributed by atoms with E-state index < -0.39 is 35.6 Å². The number of halogens is 2. The first-order valence-corrected chi connectivity index (χ1v) is 12.8. The molecule has 1 spiro atoms. The molecule has 2 aromatic heterocycles. The normalized spacial score (nSPS) is 30.3. The molecule has 3 fully saturated rings. The monoisotopic (exact) mass is 519 g/mol. The number of nitriles is 1. The number of alkyl halides is 2. The summed E-state index contributed by atoms with van der Waals surface area (Å²) in [6.07, 6.45) is 0.744. The molecule has 202 valence electrons. The van der Waals surface area contributed by atoms with Gasteiger partial charge >= 0.3 is 0 Å². The summed E-state index contributed by atoms with van der Waals surface area (Å²) in [7, 11) is 0. The van der Waals surface area contributed by atoms with E-state index in [1.54, 1.807) is 18.4 Å². The van der Waals surface area contributed by atoms with E-state index in [0.717, 1.165) is 5.69 Å². The van der Waals surface area contributed by atoms with Gasteiger partial charge in [-0.15, -0.1) is 0 Å². The first-order valence-electron chi connectivity index (χ1n) is 12.8. The third-order valence-corrected chi connectivity index (χ3v) is 8.07. The van der Waals surface area contributed by atoms with Gasteiger partial charge in [-0.1, -0.05) is 6.92 Å². The van der Waals surface area contributed by atoms with Crippen molar-refractivity contribution in [1.29, 1.82) is 5.26 Å². The van der Waals surface area contributed by atoms with Crippen LogP contribution in [0.3, 0.4) is 0 Å². The second-order valence-electron chi connectivity index (χ2n) is 11.3. The zero-order chi connectivity index (χ0) is 26.6. The van der Waals surface area contributed by atoms with Crippen molar-refractivity contribution >= 4 is 11.3 Å². The molecule has 3 aliphatic rings. The average Bonchev–Trinajstić information content (AvgIpc) is 3.43. The fourth-order valence-electron chi connectivity index (χ4n) is 6.38. The highest BCUT2D eigenvalue weighted by Gasteiger charge is 2.57. The molecule has 2 aromatic rings. The van der Waals surface area contributed by atoms with E-state index in [9.17, 15) is 13.9 Å². The summed E-state index contributed by atoms with van der Waals surface area (Å²) in [5, 5.41) is 23.9. The molecule has 4 atom stereocenters. The first-order chi connectivity index (χ1) is 17.4. The van der Waals surface area contributed by atoms with Crippen molar-refractivity contribution in [3.63, 3.8) is 0 Å². The van der Waals surface area contributed by atoms with Crippen LogP contribution in [-0.2, 0) is 9.47 Å². The van der Waals surface area contributed by atoms with Crippen LogP contribution in [0.25, 0.3) is 5.52 Å². The van der Waals surface area contributed by atoms with Crippen LogP contribution in [0.4, 0.5) is 14.6 Å². The van der Waals surface area contributed by atoms with Gasteiger partial charge in [0, 0.05) is 37.5 Å². The van der Waals surface area contributed by atoms with E-state index in [1.165, 1.54) is 6.33 Å². The molecule has 37 heavy (non-hydrogen) atoms. The number of nitrogen functional groups attached to an aromatic ring is 1. The molecule has 0 saturated carbocycles. The summed E-state index contributed by atoms with van der Waals surface area (Å²) in [6, 6.07) is 5.86. The van der Waals surface area contributed by atoms with Gasteiger partial charge in [0.1, 0.15) is 17.9 Å². The summed E-state index contributed by atoms with van der Waals surface area (Å²) in [5.74, 6) is -4.10. The van der Waals surface area contributed by atoms with Crippen LogP contribution in [-0.4, -0.2) is 91.7 Å². The van der Waals surface area contributed by atoms with Crippen LogP contribution in [0, 0.1) is 17.2 Å². The molecule has 5 rings (SSSR count). The van der Waals surface area contributed by atoms with Crippen LogP contribution >= 0.6 is 0 Å². The quantitative estimate of drug-likeness (QED) is 0.436. The van der Waals surface area contributed by atoms with Crippen molar-refractivity contribution in [2.24, 2.45) is 5.92 Å². The van der Waals surface area contributed by atoms with Crippen LogP contribution in [0.15, 0.2) is 18.5 Å². The van der Waals surface area contributed by atoms with E-state index in [4.69, 9.17) is 20.5 Å². The lowest BCUT2D eigenvalue weighted by molar-refractivity contribution is -0.222. The molecule has 0 aromatic carbocycles. The molecule has 5 heterocycles. The van der Waals surface area contributed by atoms with Gasteiger partial charge in [0.15, 0.2) is 11.6 Å². The topological polar surface area (TPSA) is 125 Å². The van der Waals surface area contributed by atoms with Gasteiger partial charge < -0.3 is 20.3 Å². The van der Waals surface area contributed by atoms with Crippen LogP contribution in [0.1, 0.15) is 51.8 Å². The minimum Gasteiger partial charge on any atom is -0.382 e. The number of nitrogens with two attached hydrogens (primary N) is 1. The zero-order valence-corrected chi connectivity index (χ0v) is 21.5. The molecule has 0 unspecified atom stereocenters. The number of nitrogens with zero attached hydrogens (tertiary/aromatic N) is 6. The number of rotatable bonds is 6. The van der Waals surface area contributed by atoms with Gasteiger partial charge in [0.25, 0.3) is 5.92 Å². The summed E-state index contributed by atoms with van der Waals surface area (Å²) in [5.41, 5.74) is 6.76. The molecule has 3 saturated heterocycles. The highest BCUT2D eigenvalue weighted by molar-refractivity contribution is 5.65. The second kappa shape index (κ2) is 9.39. The molecule has 3 aliphatic heterocycles. The highest BCUT2D eigenvalue weighted by Crippen LogP contribution is 2.48. The van der Waals surface area contributed by atoms with Crippen molar-refractivity contribution < 1.29 is 23.4 Å². The average molecular weight is 520 g/mol. The minimum atomic E-state index is -2.81. The van der Waals surface area contributed by atoms with E-state index >= 15 is 0 Å². The predicted octanol–water partition coefficient (Wildman–Crippen LogP) is 2.20. The predicted molar refractivity (Wildman–Crippen MR) is 131 cm³/mol. The number of anilines is 1. The number of aliphatic hydroxyl groups is 1. The second-order valence-corrected chi connectivity index (χ2v) is 11.3. The summed E-state index contributed by atoms with van der Waals surface area (Å²) >= 11 is 0. The van der Waals surface area contributed by atoms with Crippen molar-refractivity contribution in [2.45, 2.75) is 75.6 Å². The number of ether oxygens (including phenoxy) is 2. The number of hydrogen-bond donors (Lipinski definition) is 2. The summed E-state index contributed by atoms with van der Waals surface area (Å²) in [6.45, 7) is 6.49. The van der Waals surface area contributed by atoms with Crippen molar-refractivity contribution in [3.05, 3.63) is 24.2 Å². The molecule has 0 radical (unpaired) electrons. The Kier molecular flexibility index (Phi) is 6.65. The molecule has 0 amide bonds. The maximum absolute atomic E-state index is 14.9. The van der Waals surface area contributed by atoms with Crippen LogP contribution < -0.4 is 5.73 Å². The van der Waals surface area contributed by atoms with E-state index in [0.29, 0.717) is 43.8 Å². The van der Waals surface area contributed by atoms with Gasteiger partial charge in [-0.05, 0) is 38.8 Å². The Morgan fingerprint density at radius 3 is 2.73 bits per heavy atom. The zero-order valence-electron chi connectivity index (χ0n) is 21.5. The van der Waals surface area contributed by atoms with E-state index in [2.05, 4.69) is 16.2 Å². The lowest BCUT2D eigenvalue weighted by Gasteiger charge is -2.45. The maximum atomic E-state index is 14.9. The van der Waals surface area contributed by atoms with Gasteiger partial charge in [-0.3, -0.25) is 9.80 Å². The Labute approximate surface area is 214 Å². The maximum Gasteiger partial charge on any atom is 0.262 e. The first kappa shape index (κ1) is 26.2. The van der Waals surface area contributed by atoms with E-state index in [1.807, 2.05) is 28.9 Å². The Bertz CT molecular complexity index is 1170. The number of aromatic nitrogens is 3. The standard InChI is InChI=1S/C25H35F2N7O3/c1-16-20(17-4-5-18-22(29)30-15-31-34(17)18)36-19(21(16)37-23(2,3)35)12-33-14-25(26,27)13-24(33)6-9-32(10-7-24)11-8-28/h4-5,15-16,19-21,35H,6-7,9-14H2,1-3H3,(H2,29,30,31)/t16-,19+,20+,21-/m0/s1. The minimum absolute atomic E-state index is 0.206. The molecule has 3 N–H and O–H groups in total. The van der Waals surface area contributed by atoms with Gasteiger partial charge in [-0.25, -0.2) is 18.3 Å². The molecule has 0 aliphatic carbocycles. The molecular weight excluding hydrogens is 484 g/mol.